The van der Waals surface area contributed by atoms with Gasteiger partial charge in [0.2, 0.25) is 11.1 Å². The number of hydrogen-bond donors (Lipinski definition) is 0. The Morgan fingerprint density at radius 3 is 3.04 bits per heavy atom. The molecule has 6 nitrogen and oxygen atoms in total. The zero-order chi connectivity index (χ0) is 17.1. The minimum Gasteiger partial charge on any atom is -0.339 e. The summed E-state index contributed by atoms with van der Waals surface area (Å²) >= 11 is 3.15. The van der Waals surface area contributed by atoms with Crippen molar-refractivity contribution in [2.45, 2.75) is 56.3 Å². The Balaban J connectivity index is 1.36. The molecule has 1 aliphatic heterocycles. The number of carbonyl (C=O) groups is 1. The third-order valence-corrected chi connectivity index (χ3v) is 7.08. The van der Waals surface area contributed by atoms with Gasteiger partial charge in [0.15, 0.2) is 0 Å². The number of thioether (sulfide) groups is 1. The number of tetrazole rings is 1. The van der Waals surface area contributed by atoms with Gasteiger partial charge in [0.05, 0.1) is 12.3 Å². The largest absolute Gasteiger partial charge is 0.339 e. The molecule has 0 unspecified atom stereocenters. The van der Waals surface area contributed by atoms with E-state index in [0.29, 0.717) is 18.3 Å². The highest BCUT2D eigenvalue weighted by Crippen LogP contribution is 2.35. The van der Waals surface area contributed by atoms with E-state index in [-0.39, 0.29) is 5.91 Å². The minimum absolute atomic E-state index is 0.243. The highest BCUT2D eigenvalue weighted by Gasteiger charge is 2.35. The fourth-order valence-electron chi connectivity index (χ4n) is 4.09. The lowest BCUT2D eigenvalue weighted by Crippen LogP contribution is -2.50. The summed E-state index contributed by atoms with van der Waals surface area (Å²) < 4.78 is 1.78. The van der Waals surface area contributed by atoms with E-state index in [1.807, 2.05) is 11.4 Å². The van der Waals surface area contributed by atoms with Crippen molar-refractivity contribution in [2.75, 3.05) is 12.3 Å². The third-order valence-electron chi connectivity index (χ3n) is 5.27. The molecule has 0 spiro atoms. The molecular weight excluding hydrogens is 354 g/mol. The van der Waals surface area contributed by atoms with Crippen LogP contribution in [0.3, 0.4) is 0 Å². The van der Waals surface area contributed by atoms with Crippen LogP contribution >= 0.6 is 23.1 Å². The highest BCUT2D eigenvalue weighted by atomic mass is 32.2. The summed E-state index contributed by atoms with van der Waals surface area (Å²) in [7, 11) is 0. The molecular formula is C17H23N5OS2. The van der Waals surface area contributed by atoms with Gasteiger partial charge in [0.25, 0.3) is 0 Å². The summed E-state index contributed by atoms with van der Waals surface area (Å²) in [5.41, 5.74) is 0. The van der Waals surface area contributed by atoms with Gasteiger partial charge in [-0.2, -0.15) is 0 Å². The molecule has 2 aliphatic rings. The van der Waals surface area contributed by atoms with Gasteiger partial charge >= 0.3 is 0 Å². The molecule has 2 aromatic heterocycles. The van der Waals surface area contributed by atoms with Crippen molar-refractivity contribution in [3.05, 3.63) is 22.4 Å². The zero-order valence-electron chi connectivity index (χ0n) is 14.2. The summed E-state index contributed by atoms with van der Waals surface area (Å²) in [6.07, 6.45) is 7.50. The van der Waals surface area contributed by atoms with E-state index >= 15 is 0 Å². The number of piperidine rings is 1. The Hall–Kier alpha value is -1.41. The van der Waals surface area contributed by atoms with E-state index in [1.54, 1.807) is 16.0 Å². The molecule has 1 aliphatic carbocycles. The predicted octanol–water partition coefficient (Wildman–Crippen LogP) is 3.06. The van der Waals surface area contributed by atoms with E-state index in [0.717, 1.165) is 24.0 Å². The number of aromatic nitrogens is 4. The Labute approximate surface area is 156 Å². The molecule has 2 fully saturated rings. The smallest absolute Gasteiger partial charge is 0.233 e. The van der Waals surface area contributed by atoms with Crippen LogP contribution in [0.1, 0.15) is 43.4 Å². The number of hydrogen-bond acceptors (Lipinski definition) is 6. The monoisotopic (exact) mass is 377 g/mol. The number of amides is 1. The van der Waals surface area contributed by atoms with Gasteiger partial charge in [-0.15, -0.1) is 16.4 Å². The first-order chi connectivity index (χ1) is 12.3. The summed E-state index contributed by atoms with van der Waals surface area (Å²) in [5, 5.41) is 14.7. The van der Waals surface area contributed by atoms with Crippen LogP contribution in [0.25, 0.3) is 0 Å². The zero-order valence-corrected chi connectivity index (χ0v) is 15.8. The van der Waals surface area contributed by atoms with Crippen molar-refractivity contribution >= 4 is 29.0 Å². The maximum atomic E-state index is 12.8. The van der Waals surface area contributed by atoms with Gasteiger partial charge < -0.3 is 4.90 Å². The SMILES string of the molecule is O=C(CSc1nnnn1Cc1cccs1)N1CCC[C@@H]2CCCC[C@H]21. The maximum Gasteiger partial charge on any atom is 0.233 e. The van der Waals surface area contributed by atoms with Crippen molar-refractivity contribution in [3.8, 4) is 0 Å². The van der Waals surface area contributed by atoms with Gasteiger partial charge in [-0.3, -0.25) is 4.79 Å². The second-order valence-electron chi connectivity index (χ2n) is 6.83. The predicted molar refractivity (Wildman–Crippen MR) is 98.7 cm³/mol. The molecule has 2 aromatic rings. The fraction of sp³-hybridized carbons (Fsp3) is 0.647. The molecule has 2 atom stereocenters. The summed E-state index contributed by atoms with van der Waals surface area (Å²) in [5.74, 6) is 1.39. The van der Waals surface area contributed by atoms with Crippen LogP contribution in [-0.4, -0.2) is 49.4 Å². The Bertz CT molecular complexity index is 700. The van der Waals surface area contributed by atoms with E-state index in [4.69, 9.17) is 0 Å². The van der Waals surface area contributed by atoms with Crippen molar-refractivity contribution in [2.24, 2.45) is 5.92 Å². The van der Waals surface area contributed by atoms with Crippen LogP contribution in [0.15, 0.2) is 22.7 Å². The van der Waals surface area contributed by atoms with Gasteiger partial charge in [-0.1, -0.05) is 30.7 Å². The second-order valence-corrected chi connectivity index (χ2v) is 8.80. The Morgan fingerprint density at radius 1 is 1.28 bits per heavy atom. The molecule has 0 bridgehead atoms. The lowest BCUT2D eigenvalue weighted by molar-refractivity contribution is -0.134. The van der Waals surface area contributed by atoms with Gasteiger partial charge in [0.1, 0.15) is 0 Å². The molecule has 0 aromatic carbocycles. The van der Waals surface area contributed by atoms with E-state index in [2.05, 4.69) is 26.5 Å². The summed E-state index contributed by atoms with van der Waals surface area (Å²) in [6, 6.07) is 4.57. The van der Waals surface area contributed by atoms with Crippen molar-refractivity contribution < 1.29 is 4.79 Å². The van der Waals surface area contributed by atoms with Crippen LogP contribution in [-0.2, 0) is 11.3 Å². The van der Waals surface area contributed by atoms with Crippen molar-refractivity contribution in [1.82, 2.24) is 25.1 Å². The minimum atomic E-state index is 0.243. The van der Waals surface area contributed by atoms with Gasteiger partial charge in [0, 0.05) is 17.5 Å². The maximum absolute atomic E-state index is 12.8. The Morgan fingerprint density at radius 2 is 2.16 bits per heavy atom. The van der Waals surface area contributed by atoms with E-state index in [1.165, 1.54) is 48.7 Å². The standard InChI is InChI=1S/C17H23N5OS2/c23-16(21-9-3-6-13-5-1-2-8-15(13)21)12-25-17-18-19-20-22(17)11-14-7-4-10-24-14/h4,7,10,13,15H,1-3,5-6,8-9,11-12H2/t13-,15+/m0/s1. The van der Waals surface area contributed by atoms with Crippen LogP contribution in [0.2, 0.25) is 0 Å². The van der Waals surface area contributed by atoms with E-state index < -0.39 is 0 Å². The number of carbonyl (C=O) groups excluding carboxylic acids is 1. The molecule has 0 radical (unpaired) electrons. The first kappa shape index (κ1) is 17.0. The average molecular weight is 378 g/mol. The summed E-state index contributed by atoms with van der Waals surface area (Å²) in [4.78, 5) is 16.2. The van der Waals surface area contributed by atoms with Crippen molar-refractivity contribution in [1.29, 1.82) is 0 Å². The number of nitrogens with zero attached hydrogens (tertiary/aromatic N) is 5. The first-order valence-electron chi connectivity index (χ1n) is 9.02. The second kappa shape index (κ2) is 7.86. The van der Waals surface area contributed by atoms with Crippen LogP contribution in [0.5, 0.6) is 0 Å². The molecule has 1 amide bonds. The number of fused-ring (bicyclic) bond motifs is 1. The molecule has 0 N–H and O–H groups in total. The molecule has 1 saturated heterocycles. The molecule has 1 saturated carbocycles. The molecule has 4 rings (SSSR count). The number of likely N-dealkylation sites (tertiary alicyclic amines) is 1. The Kier molecular flexibility index (Phi) is 5.36. The highest BCUT2D eigenvalue weighted by molar-refractivity contribution is 7.99. The van der Waals surface area contributed by atoms with Gasteiger partial charge in [-0.05, 0) is 53.5 Å². The normalized spacial score (nSPS) is 23.4. The van der Waals surface area contributed by atoms with Crippen LogP contribution < -0.4 is 0 Å². The van der Waals surface area contributed by atoms with Crippen LogP contribution in [0.4, 0.5) is 0 Å². The van der Waals surface area contributed by atoms with Gasteiger partial charge in [-0.25, -0.2) is 4.68 Å². The fourth-order valence-corrected chi connectivity index (χ4v) is 5.54. The van der Waals surface area contributed by atoms with Crippen molar-refractivity contribution in [3.63, 3.8) is 0 Å². The lowest BCUT2D eigenvalue weighted by atomic mass is 9.78. The molecule has 3 heterocycles. The molecule has 25 heavy (non-hydrogen) atoms. The van der Waals surface area contributed by atoms with Crippen LogP contribution in [0, 0.1) is 5.92 Å². The number of rotatable bonds is 5. The average Bonchev–Trinajstić information content (AvgIpc) is 3.31. The quantitative estimate of drug-likeness (QED) is 0.750. The third kappa shape index (κ3) is 3.89. The first-order valence-corrected chi connectivity index (χ1v) is 10.9. The summed E-state index contributed by atoms with van der Waals surface area (Å²) in [6.45, 7) is 1.58. The number of thiophene rings is 1. The molecule has 134 valence electrons. The topological polar surface area (TPSA) is 63.9 Å². The lowest BCUT2D eigenvalue weighted by Gasteiger charge is -2.44. The van der Waals surface area contributed by atoms with E-state index in [9.17, 15) is 4.79 Å². The molecule has 8 heteroatoms.